The van der Waals surface area contributed by atoms with Crippen LogP contribution in [0.5, 0.6) is 5.75 Å². The summed E-state index contributed by atoms with van der Waals surface area (Å²) in [5, 5.41) is 14.3. The van der Waals surface area contributed by atoms with Crippen molar-refractivity contribution in [2.24, 2.45) is 0 Å². The highest BCUT2D eigenvalue weighted by atomic mass is 16.5. The lowest BCUT2D eigenvalue weighted by molar-refractivity contribution is -0.131. The molecule has 3 rings (SSSR count). The lowest BCUT2D eigenvalue weighted by Gasteiger charge is -2.21. The molecule has 1 fully saturated rings. The van der Waals surface area contributed by atoms with E-state index in [-0.39, 0.29) is 12.0 Å². The summed E-state index contributed by atoms with van der Waals surface area (Å²) in [4.78, 5) is 18.4. The van der Waals surface area contributed by atoms with Crippen molar-refractivity contribution in [1.82, 2.24) is 15.0 Å². The zero-order chi connectivity index (χ0) is 18.5. The predicted molar refractivity (Wildman–Crippen MR) is 94.8 cm³/mol. The van der Waals surface area contributed by atoms with Crippen LogP contribution < -0.4 is 4.74 Å². The maximum absolute atomic E-state index is 12.6. The van der Waals surface area contributed by atoms with Gasteiger partial charge in [-0.15, -0.1) is 0 Å². The average molecular weight is 359 g/mol. The van der Waals surface area contributed by atoms with Gasteiger partial charge in [0.1, 0.15) is 17.6 Å². The fourth-order valence-corrected chi connectivity index (χ4v) is 3.29. The molecule has 0 radical (unpaired) electrons. The summed E-state index contributed by atoms with van der Waals surface area (Å²) in [6, 6.07) is 3.61. The molecule has 2 aromatic heterocycles. The quantitative estimate of drug-likeness (QED) is 0.879. The number of nitrogens with zero attached hydrogens (tertiary/aromatic N) is 3. The van der Waals surface area contributed by atoms with Crippen LogP contribution in [0.3, 0.4) is 0 Å². The van der Waals surface area contributed by atoms with Crippen LogP contribution in [0.25, 0.3) is 0 Å². The summed E-state index contributed by atoms with van der Waals surface area (Å²) in [7, 11) is 0. The predicted octanol–water partition coefficient (Wildman–Crippen LogP) is 2.05. The highest BCUT2D eigenvalue weighted by molar-refractivity contribution is 5.76. The molecule has 0 spiro atoms. The van der Waals surface area contributed by atoms with E-state index in [1.54, 1.807) is 18.5 Å². The first-order valence-electron chi connectivity index (χ1n) is 8.99. The van der Waals surface area contributed by atoms with E-state index in [1.807, 2.05) is 24.8 Å². The molecule has 140 valence electrons. The molecule has 0 bridgehead atoms. The van der Waals surface area contributed by atoms with Crippen molar-refractivity contribution in [3.63, 3.8) is 0 Å². The molecule has 26 heavy (non-hydrogen) atoms. The van der Waals surface area contributed by atoms with Gasteiger partial charge >= 0.3 is 0 Å². The van der Waals surface area contributed by atoms with E-state index >= 15 is 0 Å². The standard InChI is InChI=1S/C19H25N3O4/c1-13-16(14(2)26-21-13)5-6-19(24)22-10-7-17(23)18(8-11-22)25-15-4-3-9-20-12-15/h3-4,9,12,17-18,23H,5-8,10-11H2,1-2H3/t17-,18-/m0/s1. The van der Waals surface area contributed by atoms with Gasteiger partial charge in [0.25, 0.3) is 0 Å². The van der Waals surface area contributed by atoms with E-state index in [1.165, 1.54) is 0 Å². The molecule has 1 amide bonds. The van der Waals surface area contributed by atoms with Crippen molar-refractivity contribution < 1.29 is 19.2 Å². The molecule has 0 saturated carbocycles. The molecule has 1 saturated heterocycles. The van der Waals surface area contributed by atoms with Crippen LogP contribution in [-0.4, -0.2) is 51.4 Å². The van der Waals surface area contributed by atoms with Crippen molar-refractivity contribution >= 4 is 5.91 Å². The molecule has 2 atom stereocenters. The third-order valence-electron chi connectivity index (χ3n) is 4.85. The Balaban J connectivity index is 1.54. The Hall–Kier alpha value is -2.41. The smallest absolute Gasteiger partial charge is 0.222 e. The van der Waals surface area contributed by atoms with Gasteiger partial charge in [-0.25, -0.2) is 0 Å². The van der Waals surface area contributed by atoms with Crippen molar-refractivity contribution in [3.05, 3.63) is 41.5 Å². The number of aliphatic hydroxyl groups is 1. The molecular formula is C19H25N3O4. The number of hydrogen-bond donors (Lipinski definition) is 1. The topological polar surface area (TPSA) is 88.7 Å². The maximum Gasteiger partial charge on any atom is 0.222 e. The lowest BCUT2D eigenvalue weighted by atomic mass is 10.1. The van der Waals surface area contributed by atoms with Gasteiger partial charge in [0.05, 0.1) is 18.0 Å². The number of aliphatic hydroxyl groups excluding tert-OH is 1. The molecule has 0 unspecified atom stereocenters. The van der Waals surface area contributed by atoms with Crippen LogP contribution in [-0.2, 0) is 11.2 Å². The van der Waals surface area contributed by atoms with E-state index in [0.29, 0.717) is 44.5 Å². The minimum atomic E-state index is -0.601. The molecule has 7 nitrogen and oxygen atoms in total. The molecule has 0 aromatic carbocycles. The molecule has 1 aliphatic heterocycles. The van der Waals surface area contributed by atoms with Gasteiger partial charge in [-0.05, 0) is 38.8 Å². The van der Waals surface area contributed by atoms with Gasteiger partial charge in [-0.2, -0.15) is 0 Å². The summed E-state index contributed by atoms with van der Waals surface area (Å²) in [6.07, 6.45) is 4.49. The third-order valence-corrected chi connectivity index (χ3v) is 4.85. The minimum absolute atomic E-state index is 0.0826. The van der Waals surface area contributed by atoms with Gasteiger partial charge in [0.2, 0.25) is 5.91 Å². The normalized spacial score (nSPS) is 20.7. The number of pyridine rings is 1. The number of likely N-dealkylation sites (tertiary alicyclic amines) is 1. The fraction of sp³-hybridized carbons (Fsp3) is 0.526. The van der Waals surface area contributed by atoms with Crippen molar-refractivity contribution in [2.75, 3.05) is 13.1 Å². The SMILES string of the molecule is Cc1noc(C)c1CCC(=O)N1CC[C@H](Oc2cccnc2)[C@@H](O)CC1. The summed E-state index contributed by atoms with van der Waals surface area (Å²) < 4.78 is 11.0. The van der Waals surface area contributed by atoms with E-state index in [0.717, 1.165) is 17.0 Å². The molecule has 1 N–H and O–H groups in total. The Morgan fingerprint density at radius 3 is 2.88 bits per heavy atom. The lowest BCUT2D eigenvalue weighted by Crippen LogP contribution is -2.32. The molecule has 0 aliphatic carbocycles. The Labute approximate surface area is 153 Å². The van der Waals surface area contributed by atoms with Gasteiger partial charge in [0.15, 0.2) is 0 Å². The zero-order valence-corrected chi connectivity index (χ0v) is 15.2. The summed E-state index contributed by atoms with van der Waals surface area (Å²) >= 11 is 0. The minimum Gasteiger partial charge on any atom is -0.486 e. The number of hydrogen-bond acceptors (Lipinski definition) is 6. The molecular weight excluding hydrogens is 334 g/mol. The van der Waals surface area contributed by atoms with Gasteiger partial charge in [-0.1, -0.05) is 5.16 Å². The number of aromatic nitrogens is 2. The van der Waals surface area contributed by atoms with Crippen LogP contribution in [0.1, 0.15) is 36.3 Å². The Bertz CT molecular complexity index is 712. The largest absolute Gasteiger partial charge is 0.486 e. The van der Waals surface area contributed by atoms with Crippen molar-refractivity contribution in [1.29, 1.82) is 0 Å². The number of ether oxygens (including phenoxy) is 1. The van der Waals surface area contributed by atoms with Gasteiger partial charge in [0, 0.05) is 37.7 Å². The number of carbonyl (C=O) groups excluding carboxylic acids is 1. The van der Waals surface area contributed by atoms with Crippen molar-refractivity contribution in [2.45, 2.75) is 51.7 Å². The second kappa shape index (κ2) is 8.31. The molecule has 1 aliphatic rings. The van der Waals surface area contributed by atoms with Crippen LogP contribution in [0.15, 0.2) is 29.0 Å². The number of amides is 1. The Morgan fingerprint density at radius 1 is 1.38 bits per heavy atom. The van der Waals surface area contributed by atoms with E-state index in [4.69, 9.17) is 9.26 Å². The zero-order valence-electron chi connectivity index (χ0n) is 15.2. The van der Waals surface area contributed by atoms with Crippen molar-refractivity contribution in [3.8, 4) is 5.75 Å². The first-order chi connectivity index (χ1) is 12.5. The van der Waals surface area contributed by atoms with E-state index in [9.17, 15) is 9.90 Å². The average Bonchev–Trinajstić information content (AvgIpc) is 2.85. The monoisotopic (exact) mass is 359 g/mol. The first kappa shape index (κ1) is 18.4. The highest BCUT2D eigenvalue weighted by Gasteiger charge is 2.28. The second-order valence-electron chi connectivity index (χ2n) is 6.67. The van der Waals surface area contributed by atoms with Gasteiger partial charge in [-0.3, -0.25) is 9.78 Å². The number of aryl methyl sites for hydroxylation is 2. The van der Waals surface area contributed by atoms with Crippen LogP contribution in [0.2, 0.25) is 0 Å². The van der Waals surface area contributed by atoms with E-state index in [2.05, 4.69) is 10.1 Å². The number of carbonyl (C=O) groups is 1. The van der Waals surface area contributed by atoms with Crippen LogP contribution in [0, 0.1) is 13.8 Å². The maximum atomic E-state index is 12.6. The van der Waals surface area contributed by atoms with E-state index < -0.39 is 6.10 Å². The van der Waals surface area contributed by atoms with Crippen LogP contribution in [0.4, 0.5) is 0 Å². The fourth-order valence-electron chi connectivity index (χ4n) is 3.29. The second-order valence-corrected chi connectivity index (χ2v) is 6.67. The Morgan fingerprint density at radius 2 is 2.19 bits per heavy atom. The Kier molecular flexibility index (Phi) is 5.88. The summed E-state index contributed by atoms with van der Waals surface area (Å²) in [5.74, 6) is 1.49. The first-order valence-corrected chi connectivity index (χ1v) is 8.99. The molecule has 3 heterocycles. The summed E-state index contributed by atoms with van der Waals surface area (Å²) in [6.45, 7) is 4.86. The summed E-state index contributed by atoms with van der Waals surface area (Å²) in [5.41, 5.74) is 1.84. The number of rotatable bonds is 5. The highest BCUT2D eigenvalue weighted by Crippen LogP contribution is 2.20. The molecule has 7 heteroatoms. The third kappa shape index (κ3) is 4.40. The van der Waals surface area contributed by atoms with Gasteiger partial charge < -0.3 is 19.3 Å². The van der Waals surface area contributed by atoms with Crippen LogP contribution >= 0.6 is 0 Å². The molecule has 2 aromatic rings.